The molecule has 2 heterocycles. The summed E-state index contributed by atoms with van der Waals surface area (Å²) in [5, 5.41) is 11.6. The van der Waals surface area contributed by atoms with Gasteiger partial charge in [0.2, 0.25) is 0 Å². The van der Waals surface area contributed by atoms with Crippen molar-refractivity contribution in [1.29, 1.82) is 0 Å². The Morgan fingerprint density at radius 2 is 2.33 bits per heavy atom. The predicted octanol–water partition coefficient (Wildman–Crippen LogP) is 0.559. The molecule has 0 amide bonds. The molecule has 1 aliphatic rings. The number of likely N-dealkylation sites (N-methyl/N-ethyl adjacent to an activating group) is 2. The SMILES string of the molecule is CCNC(c1c(Br)nnn1C)C1CN(C)CCO1. The van der Waals surface area contributed by atoms with Crippen LogP contribution in [0.15, 0.2) is 4.60 Å². The summed E-state index contributed by atoms with van der Waals surface area (Å²) >= 11 is 3.47. The lowest BCUT2D eigenvalue weighted by Crippen LogP contribution is -2.47. The van der Waals surface area contributed by atoms with E-state index in [-0.39, 0.29) is 12.1 Å². The Hall–Kier alpha value is -0.500. The molecule has 6 nitrogen and oxygen atoms in total. The first-order valence-electron chi connectivity index (χ1n) is 6.22. The van der Waals surface area contributed by atoms with Gasteiger partial charge in [-0.2, -0.15) is 0 Å². The van der Waals surface area contributed by atoms with Crippen LogP contribution in [-0.2, 0) is 11.8 Å². The van der Waals surface area contributed by atoms with Crippen molar-refractivity contribution in [3.8, 4) is 0 Å². The summed E-state index contributed by atoms with van der Waals surface area (Å²) in [4.78, 5) is 2.29. The van der Waals surface area contributed by atoms with Crippen molar-refractivity contribution >= 4 is 15.9 Å². The number of nitrogens with one attached hydrogen (secondary N) is 1. The summed E-state index contributed by atoms with van der Waals surface area (Å²) in [6.07, 6.45) is 0.122. The Balaban J connectivity index is 2.22. The third-order valence-corrected chi connectivity index (χ3v) is 3.78. The van der Waals surface area contributed by atoms with Gasteiger partial charge in [-0.3, -0.25) is 0 Å². The molecule has 0 spiro atoms. The zero-order valence-electron chi connectivity index (χ0n) is 11.1. The second-order valence-corrected chi connectivity index (χ2v) is 5.35. The predicted molar refractivity (Wildman–Crippen MR) is 72.4 cm³/mol. The van der Waals surface area contributed by atoms with E-state index >= 15 is 0 Å². The van der Waals surface area contributed by atoms with E-state index in [1.54, 1.807) is 4.68 Å². The molecule has 1 N–H and O–H groups in total. The monoisotopic (exact) mass is 317 g/mol. The molecule has 1 aromatic rings. The van der Waals surface area contributed by atoms with Crippen LogP contribution in [0.2, 0.25) is 0 Å². The first-order valence-corrected chi connectivity index (χ1v) is 7.01. The van der Waals surface area contributed by atoms with Crippen molar-refractivity contribution < 1.29 is 4.74 Å². The van der Waals surface area contributed by atoms with E-state index in [9.17, 15) is 0 Å². The summed E-state index contributed by atoms with van der Waals surface area (Å²) in [5.74, 6) is 0. The van der Waals surface area contributed by atoms with Gasteiger partial charge in [-0.25, -0.2) is 4.68 Å². The van der Waals surface area contributed by atoms with Crippen LogP contribution in [0.1, 0.15) is 18.7 Å². The standard InChI is InChI=1S/C11H20BrN5O/c1-4-13-9(8-7-16(2)5-6-18-8)10-11(12)14-15-17(10)3/h8-9,13H,4-7H2,1-3H3. The quantitative estimate of drug-likeness (QED) is 0.879. The molecule has 1 aliphatic heterocycles. The van der Waals surface area contributed by atoms with Crippen molar-refractivity contribution in [2.24, 2.45) is 7.05 Å². The molecule has 1 aromatic heterocycles. The van der Waals surface area contributed by atoms with Gasteiger partial charge in [0.1, 0.15) is 0 Å². The average Bonchev–Trinajstić information content (AvgIpc) is 2.67. The van der Waals surface area contributed by atoms with Crippen molar-refractivity contribution in [3.05, 3.63) is 10.3 Å². The molecule has 18 heavy (non-hydrogen) atoms. The van der Waals surface area contributed by atoms with Gasteiger partial charge in [-0.1, -0.05) is 12.1 Å². The van der Waals surface area contributed by atoms with E-state index < -0.39 is 0 Å². The summed E-state index contributed by atoms with van der Waals surface area (Å²) < 4.78 is 8.49. The molecule has 0 bridgehead atoms. The van der Waals surface area contributed by atoms with E-state index in [1.807, 2.05) is 7.05 Å². The molecule has 7 heteroatoms. The number of hydrogen-bond acceptors (Lipinski definition) is 5. The minimum Gasteiger partial charge on any atom is -0.374 e. The van der Waals surface area contributed by atoms with Crippen LogP contribution >= 0.6 is 15.9 Å². The summed E-state index contributed by atoms with van der Waals surface area (Å²) in [6, 6.07) is 0.104. The van der Waals surface area contributed by atoms with Crippen molar-refractivity contribution in [2.75, 3.05) is 33.3 Å². The van der Waals surface area contributed by atoms with Gasteiger partial charge in [0.15, 0.2) is 4.60 Å². The lowest BCUT2D eigenvalue weighted by atomic mass is 10.1. The van der Waals surface area contributed by atoms with Crippen molar-refractivity contribution in [1.82, 2.24) is 25.2 Å². The summed E-state index contributed by atoms with van der Waals surface area (Å²) in [6.45, 7) is 5.64. The van der Waals surface area contributed by atoms with Gasteiger partial charge in [-0.05, 0) is 29.5 Å². The zero-order chi connectivity index (χ0) is 13.1. The maximum Gasteiger partial charge on any atom is 0.153 e. The summed E-state index contributed by atoms with van der Waals surface area (Å²) in [5.41, 5.74) is 1.04. The molecule has 2 atom stereocenters. The molecule has 2 rings (SSSR count). The second kappa shape index (κ2) is 6.10. The van der Waals surface area contributed by atoms with Gasteiger partial charge in [0.05, 0.1) is 24.4 Å². The van der Waals surface area contributed by atoms with Crippen molar-refractivity contribution in [2.45, 2.75) is 19.1 Å². The fraction of sp³-hybridized carbons (Fsp3) is 0.818. The molecule has 102 valence electrons. The van der Waals surface area contributed by atoms with Gasteiger partial charge in [0.25, 0.3) is 0 Å². The number of aryl methyl sites for hydroxylation is 1. The Morgan fingerprint density at radius 3 is 2.89 bits per heavy atom. The van der Waals surface area contributed by atoms with Crippen LogP contribution in [0.4, 0.5) is 0 Å². The molecule has 2 unspecified atom stereocenters. The fourth-order valence-electron chi connectivity index (χ4n) is 2.31. The van der Waals surface area contributed by atoms with Crippen LogP contribution in [-0.4, -0.2) is 59.3 Å². The topological polar surface area (TPSA) is 55.2 Å². The van der Waals surface area contributed by atoms with Crippen LogP contribution in [0.3, 0.4) is 0 Å². The molecular formula is C11H20BrN5O. The molecule has 1 saturated heterocycles. The summed E-state index contributed by atoms with van der Waals surface area (Å²) in [7, 11) is 4.03. The van der Waals surface area contributed by atoms with E-state index in [1.165, 1.54) is 0 Å². The van der Waals surface area contributed by atoms with Gasteiger partial charge < -0.3 is 15.0 Å². The Morgan fingerprint density at radius 1 is 1.56 bits per heavy atom. The van der Waals surface area contributed by atoms with E-state index in [2.05, 4.69) is 50.4 Å². The Kier molecular flexibility index (Phi) is 4.71. The fourth-order valence-corrected chi connectivity index (χ4v) is 2.88. The van der Waals surface area contributed by atoms with Gasteiger partial charge >= 0.3 is 0 Å². The van der Waals surface area contributed by atoms with E-state index in [4.69, 9.17) is 4.74 Å². The first kappa shape index (κ1) is 13.9. The van der Waals surface area contributed by atoms with Crippen LogP contribution in [0.5, 0.6) is 0 Å². The second-order valence-electron chi connectivity index (χ2n) is 4.60. The molecule has 0 saturated carbocycles. The zero-order valence-corrected chi connectivity index (χ0v) is 12.6. The Labute approximate surface area is 116 Å². The number of halogens is 1. The maximum absolute atomic E-state index is 5.90. The first-order chi connectivity index (χ1) is 8.63. The van der Waals surface area contributed by atoms with E-state index in [0.29, 0.717) is 0 Å². The molecular weight excluding hydrogens is 298 g/mol. The normalized spacial score (nSPS) is 23.2. The third kappa shape index (κ3) is 2.90. The highest BCUT2D eigenvalue weighted by atomic mass is 79.9. The molecule has 0 aliphatic carbocycles. The molecule has 0 radical (unpaired) electrons. The number of ether oxygens (including phenoxy) is 1. The number of hydrogen-bond donors (Lipinski definition) is 1. The smallest absolute Gasteiger partial charge is 0.153 e. The lowest BCUT2D eigenvalue weighted by Gasteiger charge is -2.35. The van der Waals surface area contributed by atoms with Crippen LogP contribution in [0, 0.1) is 0 Å². The highest BCUT2D eigenvalue weighted by Gasteiger charge is 2.31. The molecule has 1 fully saturated rings. The number of nitrogens with zero attached hydrogens (tertiary/aromatic N) is 4. The van der Waals surface area contributed by atoms with E-state index in [0.717, 1.165) is 36.5 Å². The van der Waals surface area contributed by atoms with Gasteiger partial charge in [-0.15, -0.1) is 5.10 Å². The van der Waals surface area contributed by atoms with Crippen molar-refractivity contribution in [3.63, 3.8) is 0 Å². The largest absolute Gasteiger partial charge is 0.374 e. The third-order valence-electron chi connectivity index (χ3n) is 3.21. The number of aromatic nitrogens is 3. The highest BCUT2D eigenvalue weighted by molar-refractivity contribution is 9.10. The number of morpholine rings is 1. The van der Waals surface area contributed by atoms with Gasteiger partial charge in [0, 0.05) is 20.1 Å². The van der Waals surface area contributed by atoms with Crippen LogP contribution < -0.4 is 5.32 Å². The lowest BCUT2D eigenvalue weighted by molar-refractivity contribution is -0.0404. The number of rotatable bonds is 4. The Bertz CT molecular complexity index is 377. The minimum absolute atomic E-state index is 0.104. The average molecular weight is 318 g/mol. The molecule has 0 aromatic carbocycles. The maximum atomic E-state index is 5.90. The minimum atomic E-state index is 0.104. The highest BCUT2D eigenvalue weighted by Crippen LogP contribution is 2.26. The van der Waals surface area contributed by atoms with Crippen LogP contribution in [0.25, 0.3) is 0 Å².